The van der Waals surface area contributed by atoms with Crippen LogP contribution in [0.4, 0.5) is 0 Å². The summed E-state index contributed by atoms with van der Waals surface area (Å²) in [5.74, 6) is 0. The minimum atomic E-state index is -1.22. The van der Waals surface area contributed by atoms with Crippen molar-refractivity contribution in [2.75, 3.05) is 13.2 Å². The van der Waals surface area contributed by atoms with Crippen LogP contribution < -0.4 is 4.46 Å². The molecule has 0 radical (unpaired) electrons. The Balaban J connectivity index is 2.20. The van der Waals surface area contributed by atoms with Crippen molar-refractivity contribution in [1.82, 2.24) is 0 Å². The van der Waals surface area contributed by atoms with Gasteiger partial charge in [0.1, 0.15) is 0 Å². The van der Waals surface area contributed by atoms with E-state index in [2.05, 4.69) is 43.9 Å². The second kappa shape index (κ2) is 5.70. The fourth-order valence-electron chi connectivity index (χ4n) is 2.90. The van der Waals surface area contributed by atoms with Gasteiger partial charge in [-0.2, -0.15) is 0 Å². The van der Waals surface area contributed by atoms with Crippen molar-refractivity contribution in [2.45, 2.75) is 36.4 Å². The maximum atomic E-state index is 9.73. The average molecular weight is 343 g/mol. The van der Waals surface area contributed by atoms with Crippen LogP contribution >= 0.6 is 0 Å². The van der Waals surface area contributed by atoms with Gasteiger partial charge in [-0.15, -0.1) is 0 Å². The Bertz CT molecular complexity index is 412. The van der Waals surface area contributed by atoms with Gasteiger partial charge in [-0.3, -0.25) is 0 Å². The molecule has 1 fully saturated rings. The molecule has 1 saturated carbocycles. The van der Waals surface area contributed by atoms with Crippen LogP contribution in [0.5, 0.6) is 0 Å². The molecule has 1 aliphatic rings. The summed E-state index contributed by atoms with van der Waals surface area (Å²) in [5, 5.41) is 19.5. The van der Waals surface area contributed by atoms with Crippen LogP contribution in [0.15, 0.2) is 30.3 Å². The standard InChI is InChI=1S/C15H24O2SeSi/c1-19(2,3)13-9-15(10-16,11-17)14(13)18-12-7-5-4-6-8-12/h4-8,13-14,16-17H,9-11H2,1-3H3/t13-,14+/m0/s1. The second-order valence-corrected chi connectivity index (χ2v) is 14.7. The van der Waals surface area contributed by atoms with Gasteiger partial charge in [-0.05, 0) is 0 Å². The SMILES string of the molecule is C[Si](C)(C)[C@H]1CC(CO)(CO)[C@@H]1[Se]c1ccccc1. The Hall–Kier alpha value is -0.124. The van der Waals surface area contributed by atoms with Gasteiger partial charge in [0.25, 0.3) is 0 Å². The van der Waals surface area contributed by atoms with Crippen LogP contribution in [0.3, 0.4) is 0 Å². The molecule has 2 rings (SSSR count). The van der Waals surface area contributed by atoms with E-state index < -0.39 is 8.07 Å². The first-order valence-corrected chi connectivity index (χ1v) is 12.3. The van der Waals surface area contributed by atoms with Gasteiger partial charge < -0.3 is 0 Å². The number of hydrogen-bond acceptors (Lipinski definition) is 2. The van der Waals surface area contributed by atoms with Crippen LogP contribution in [-0.2, 0) is 0 Å². The van der Waals surface area contributed by atoms with E-state index in [-0.39, 0.29) is 18.6 Å². The van der Waals surface area contributed by atoms with Gasteiger partial charge in [0.05, 0.1) is 0 Å². The van der Waals surface area contributed by atoms with Crippen molar-refractivity contribution in [3.63, 3.8) is 0 Å². The van der Waals surface area contributed by atoms with Crippen LogP contribution in [-0.4, -0.2) is 46.5 Å². The van der Waals surface area contributed by atoms with Crippen LogP contribution in [0.2, 0.25) is 30.0 Å². The average Bonchev–Trinajstić information content (AvgIpc) is 2.36. The molecule has 2 nitrogen and oxygen atoms in total. The first-order valence-electron chi connectivity index (χ1n) is 6.86. The summed E-state index contributed by atoms with van der Waals surface area (Å²) in [5.41, 5.74) is 0.507. The zero-order chi connectivity index (χ0) is 14.1. The first kappa shape index (κ1) is 15.3. The fourth-order valence-corrected chi connectivity index (χ4v) is 11.0. The summed E-state index contributed by atoms with van der Waals surface area (Å²) in [6.45, 7) is 7.48. The number of hydrogen-bond donors (Lipinski definition) is 2. The molecular weight excluding hydrogens is 319 g/mol. The van der Waals surface area contributed by atoms with Gasteiger partial charge in [0.2, 0.25) is 0 Å². The van der Waals surface area contributed by atoms with E-state index in [9.17, 15) is 10.2 Å². The van der Waals surface area contributed by atoms with Gasteiger partial charge in [-0.25, -0.2) is 0 Å². The molecule has 0 saturated heterocycles. The first-order chi connectivity index (χ1) is 8.93. The number of rotatable bonds is 5. The summed E-state index contributed by atoms with van der Waals surface area (Å²) < 4.78 is 1.38. The molecule has 0 bridgehead atoms. The van der Waals surface area contributed by atoms with Gasteiger partial charge in [0.15, 0.2) is 0 Å². The van der Waals surface area contributed by atoms with Crippen molar-refractivity contribution in [2.24, 2.45) is 5.41 Å². The number of aliphatic hydroxyl groups is 2. The zero-order valence-electron chi connectivity index (χ0n) is 12.0. The van der Waals surface area contributed by atoms with Crippen molar-refractivity contribution < 1.29 is 10.2 Å². The van der Waals surface area contributed by atoms with E-state index in [1.54, 1.807) is 0 Å². The molecular formula is C15H24O2SeSi. The summed E-state index contributed by atoms with van der Waals surface area (Å²) in [4.78, 5) is 0.490. The van der Waals surface area contributed by atoms with Gasteiger partial charge in [-0.1, -0.05) is 0 Å². The third-order valence-corrected chi connectivity index (χ3v) is 11.1. The Kier molecular flexibility index (Phi) is 4.58. The predicted molar refractivity (Wildman–Crippen MR) is 83.9 cm³/mol. The molecule has 1 aliphatic carbocycles. The van der Waals surface area contributed by atoms with E-state index >= 15 is 0 Å². The van der Waals surface area contributed by atoms with E-state index in [0.29, 0.717) is 19.8 Å². The van der Waals surface area contributed by atoms with E-state index in [1.807, 2.05) is 6.07 Å². The van der Waals surface area contributed by atoms with E-state index in [1.165, 1.54) is 4.46 Å². The van der Waals surface area contributed by atoms with Crippen molar-refractivity contribution in [3.05, 3.63) is 30.3 Å². The van der Waals surface area contributed by atoms with Crippen molar-refractivity contribution >= 4 is 27.5 Å². The molecule has 0 unspecified atom stereocenters. The van der Waals surface area contributed by atoms with Crippen molar-refractivity contribution in [1.29, 1.82) is 0 Å². The van der Waals surface area contributed by atoms with Crippen LogP contribution in [0.25, 0.3) is 0 Å². The molecule has 2 N–H and O–H groups in total. The zero-order valence-corrected chi connectivity index (χ0v) is 14.7. The normalized spacial score (nSPS) is 25.9. The van der Waals surface area contributed by atoms with Gasteiger partial charge in [0, 0.05) is 0 Å². The quantitative estimate of drug-likeness (QED) is 0.802. The maximum absolute atomic E-state index is 9.73. The molecule has 2 atom stereocenters. The topological polar surface area (TPSA) is 40.5 Å². The van der Waals surface area contributed by atoms with E-state index in [0.717, 1.165) is 12.0 Å². The molecule has 19 heavy (non-hydrogen) atoms. The number of aliphatic hydroxyl groups excluding tert-OH is 2. The molecule has 1 aromatic carbocycles. The number of benzene rings is 1. The monoisotopic (exact) mass is 344 g/mol. The molecule has 0 aromatic heterocycles. The summed E-state index contributed by atoms with van der Waals surface area (Å²) in [7, 11) is -1.22. The van der Waals surface area contributed by atoms with E-state index in [4.69, 9.17) is 0 Å². The summed E-state index contributed by atoms with van der Waals surface area (Å²) >= 11 is 0.343. The third kappa shape index (κ3) is 2.98. The second-order valence-electron chi connectivity index (χ2n) is 6.71. The predicted octanol–water partition coefficient (Wildman–Crippen LogP) is 1.89. The fraction of sp³-hybridized carbons (Fsp3) is 0.600. The molecule has 0 spiro atoms. The molecule has 4 heteroatoms. The molecule has 1 aromatic rings. The molecule has 0 aliphatic heterocycles. The Morgan fingerprint density at radius 3 is 2.21 bits per heavy atom. The van der Waals surface area contributed by atoms with Crippen LogP contribution in [0, 0.1) is 5.41 Å². The summed E-state index contributed by atoms with van der Waals surface area (Å²) in [6, 6.07) is 10.6. The molecule has 106 valence electrons. The Labute approximate surface area is 123 Å². The summed E-state index contributed by atoms with van der Waals surface area (Å²) in [6.07, 6.45) is 1.01. The van der Waals surface area contributed by atoms with Crippen LogP contribution in [0.1, 0.15) is 6.42 Å². The molecule has 0 amide bonds. The molecule has 0 heterocycles. The van der Waals surface area contributed by atoms with Crippen molar-refractivity contribution in [3.8, 4) is 0 Å². The Morgan fingerprint density at radius 1 is 1.16 bits per heavy atom. The third-order valence-electron chi connectivity index (χ3n) is 4.34. The Morgan fingerprint density at radius 2 is 1.74 bits per heavy atom. The minimum absolute atomic E-state index is 0.129. The van der Waals surface area contributed by atoms with Gasteiger partial charge >= 0.3 is 123 Å².